The van der Waals surface area contributed by atoms with Crippen molar-refractivity contribution in [2.75, 3.05) is 6.26 Å². The zero-order valence-electron chi connectivity index (χ0n) is 14.2. The molecule has 0 aliphatic rings. The summed E-state index contributed by atoms with van der Waals surface area (Å²) >= 11 is 1.71. The van der Waals surface area contributed by atoms with Crippen LogP contribution in [0.1, 0.15) is 47.6 Å². The van der Waals surface area contributed by atoms with E-state index in [1.165, 1.54) is 21.6 Å². The van der Waals surface area contributed by atoms with Gasteiger partial charge in [0.05, 0.1) is 0 Å². The molecule has 0 amide bonds. The maximum absolute atomic E-state index is 13.7. The van der Waals surface area contributed by atoms with E-state index in [1.54, 1.807) is 23.9 Å². The number of thioether (sulfide) groups is 1. The van der Waals surface area contributed by atoms with Crippen LogP contribution in [-0.4, -0.2) is 6.26 Å². The van der Waals surface area contributed by atoms with E-state index in [1.807, 2.05) is 6.92 Å². The molecular formula is C20H25FS. The van der Waals surface area contributed by atoms with Gasteiger partial charge in [-0.1, -0.05) is 37.6 Å². The third-order valence-electron chi connectivity index (χ3n) is 4.11. The highest BCUT2D eigenvalue weighted by Crippen LogP contribution is 2.28. The maximum atomic E-state index is 13.7. The quantitative estimate of drug-likeness (QED) is 0.603. The van der Waals surface area contributed by atoms with E-state index >= 15 is 0 Å². The topological polar surface area (TPSA) is 0 Å². The third kappa shape index (κ3) is 3.92. The lowest BCUT2D eigenvalue weighted by Gasteiger charge is -2.15. The van der Waals surface area contributed by atoms with Crippen molar-refractivity contribution in [3.63, 3.8) is 0 Å². The summed E-state index contributed by atoms with van der Waals surface area (Å²) in [6, 6.07) is 10.0. The normalized spacial score (nSPS) is 11.2. The lowest BCUT2D eigenvalue weighted by Crippen LogP contribution is -2.01. The Balaban J connectivity index is 2.28. The Bertz CT molecular complexity index is 659. The smallest absolute Gasteiger partial charge is 0.123 e. The Morgan fingerprint density at radius 1 is 1.00 bits per heavy atom. The van der Waals surface area contributed by atoms with Gasteiger partial charge in [-0.15, -0.1) is 11.8 Å². The van der Waals surface area contributed by atoms with E-state index in [0.717, 1.165) is 24.0 Å². The molecule has 0 atom stereocenters. The van der Waals surface area contributed by atoms with Crippen LogP contribution in [0.3, 0.4) is 0 Å². The van der Waals surface area contributed by atoms with E-state index in [9.17, 15) is 4.39 Å². The first-order valence-corrected chi connectivity index (χ1v) is 9.07. The van der Waals surface area contributed by atoms with Gasteiger partial charge in [0, 0.05) is 4.90 Å². The number of benzene rings is 2. The van der Waals surface area contributed by atoms with Crippen LogP contribution in [0, 0.1) is 19.7 Å². The van der Waals surface area contributed by atoms with Gasteiger partial charge in [0.1, 0.15) is 5.82 Å². The predicted octanol–water partition coefficient (Wildman–Crippen LogP) is 6.07. The fourth-order valence-corrected chi connectivity index (χ4v) is 3.83. The van der Waals surface area contributed by atoms with Crippen LogP contribution in [0.15, 0.2) is 35.2 Å². The number of hydrogen-bond donors (Lipinski definition) is 0. The largest absolute Gasteiger partial charge is 0.207 e. The van der Waals surface area contributed by atoms with Crippen molar-refractivity contribution in [3.05, 3.63) is 64.0 Å². The molecule has 0 aliphatic heterocycles. The molecule has 118 valence electrons. The molecule has 0 N–H and O–H groups in total. The molecule has 0 fully saturated rings. The fourth-order valence-electron chi connectivity index (χ4n) is 3.03. The zero-order chi connectivity index (χ0) is 16.3. The van der Waals surface area contributed by atoms with E-state index in [0.29, 0.717) is 5.92 Å². The van der Waals surface area contributed by atoms with Crippen LogP contribution < -0.4 is 0 Å². The Morgan fingerprint density at radius 3 is 2.32 bits per heavy atom. The molecule has 0 nitrogen and oxygen atoms in total. The molecule has 0 radical (unpaired) electrons. The fraction of sp³-hybridized carbons (Fsp3) is 0.400. The summed E-state index contributed by atoms with van der Waals surface area (Å²) in [4.78, 5) is 1.22. The second kappa shape index (κ2) is 7.32. The molecule has 0 saturated heterocycles. The van der Waals surface area contributed by atoms with Gasteiger partial charge < -0.3 is 0 Å². The van der Waals surface area contributed by atoms with Crippen LogP contribution in [0.4, 0.5) is 4.39 Å². The zero-order valence-corrected chi connectivity index (χ0v) is 15.0. The molecular weight excluding hydrogens is 291 g/mol. The average molecular weight is 316 g/mol. The molecule has 0 unspecified atom stereocenters. The molecule has 0 bridgehead atoms. The van der Waals surface area contributed by atoms with Gasteiger partial charge in [-0.05, 0) is 73.2 Å². The average Bonchev–Trinajstić information content (AvgIpc) is 2.45. The van der Waals surface area contributed by atoms with Crippen molar-refractivity contribution in [2.45, 2.75) is 51.3 Å². The van der Waals surface area contributed by atoms with Crippen molar-refractivity contribution < 1.29 is 4.39 Å². The highest BCUT2D eigenvalue weighted by molar-refractivity contribution is 7.98. The van der Waals surface area contributed by atoms with Gasteiger partial charge in [-0.2, -0.15) is 0 Å². The molecule has 2 aromatic rings. The van der Waals surface area contributed by atoms with Gasteiger partial charge in [0.25, 0.3) is 0 Å². The van der Waals surface area contributed by atoms with Crippen LogP contribution in [-0.2, 0) is 12.8 Å². The van der Waals surface area contributed by atoms with E-state index in [2.05, 4.69) is 45.2 Å². The first-order valence-electron chi connectivity index (χ1n) is 7.84. The second-order valence-corrected chi connectivity index (χ2v) is 7.09. The predicted molar refractivity (Wildman–Crippen MR) is 95.6 cm³/mol. The van der Waals surface area contributed by atoms with Crippen molar-refractivity contribution in [1.82, 2.24) is 0 Å². The first-order chi connectivity index (χ1) is 10.4. The van der Waals surface area contributed by atoms with Gasteiger partial charge >= 0.3 is 0 Å². The molecule has 22 heavy (non-hydrogen) atoms. The molecule has 0 heterocycles. The van der Waals surface area contributed by atoms with Gasteiger partial charge in [0.15, 0.2) is 0 Å². The lowest BCUT2D eigenvalue weighted by atomic mass is 9.91. The molecule has 0 aliphatic carbocycles. The standard InChI is InChI=1S/C20H25FS/c1-13(2)19-10-14(3)6-7-16(19)8-9-17-12-18(21)11-15(4)20(17)22-5/h6-7,10-13H,8-9H2,1-5H3. The Kier molecular flexibility index (Phi) is 5.69. The van der Waals surface area contributed by atoms with Crippen molar-refractivity contribution >= 4 is 11.8 Å². The van der Waals surface area contributed by atoms with E-state index in [-0.39, 0.29) is 5.82 Å². The number of hydrogen-bond acceptors (Lipinski definition) is 1. The highest BCUT2D eigenvalue weighted by atomic mass is 32.2. The minimum atomic E-state index is -0.127. The van der Waals surface area contributed by atoms with Crippen molar-refractivity contribution in [3.8, 4) is 0 Å². The first kappa shape index (κ1) is 17.1. The van der Waals surface area contributed by atoms with Crippen molar-refractivity contribution in [2.24, 2.45) is 0 Å². The Morgan fingerprint density at radius 2 is 1.68 bits per heavy atom. The van der Waals surface area contributed by atoms with Gasteiger partial charge in [-0.3, -0.25) is 0 Å². The monoisotopic (exact) mass is 316 g/mol. The summed E-state index contributed by atoms with van der Waals surface area (Å²) in [5, 5.41) is 0. The Hall–Kier alpha value is -1.28. The number of halogens is 1. The number of aryl methyl sites for hydroxylation is 4. The summed E-state index contributed by atoms with van der Waals surface area (Å²) in [5.41, 5.74) is 6.27. The van der Waals surface area contributed by atoms with Crippen LogP contribution in [0.2, 0.25) is 0 Å². The molecule has 0 saturated carbocycles. The molecule has 0 aromatic heterocycles. The minimum Gasteiger partial charge on any atom is -0.207 e. The summed E-state index contributed by atoms with van der Waals surface area (Å²) in [5.74, 6) is 0.391. The molecule has 2 rings (SSSR count). The van der Waals surface area contributed by atoms with Crippen LogP contribution >= 0.6 is 11.8 Å². The second-order valence-electron chi connectivity index (χ2n) is 6.27. The highest BCUT2D eigenvalue weighted by Gasteiger charge is 2.11. The summed E-state index contributed by atoms with van der Waals surface area (Å²) in [6.45, 7) is 8.59. The summed E-state index contributed by atoms with van der Waals surface area (Å²) in [7, 11) is 0. The SMILES string of the molecule is CSc1c(C)cc(F)cc1CCc1ccc(C)cc1C(C)C. The molecule has 2 heteroatoms. The lowest BCUT2D eigenvalue weighted by molar-refractivity contribution is 0.621. The van der Waals surface area contributed by atoms with E-state index in [4.69, 9.17) is 0 Å². The third-order valence-corrected chi connectivity index (χ3v) is 5.10. The Labute approximate surface area is 138 Å². The molecule has 2 aromatic carbocycles. The summed E-state index contributed by atoms with van der Waals surface area (Å²) in [6.07, 6.45) is 3.91. The maximum Gasteiger partial charge on any atom is 0.123 e. The molecule has 0 spiro atoms. The van der Waals surface area contributed by atoms with Gasteiger partial charge in [0.2, 0.25) is 0 Å². The van der Waals surface area contributed by atoms with Gasteiger partial charge in [-0.25, -0.2) is 4.39 Å². The van der Waals surface area contributed by atoms with E-state index < -0.39 is 0 Å². The van der Waals surface area contributed by atoms with Crippen molar-refractivity contribution in [1.29, 1.82) is 0 Å². The van der Waals surface area contributed by atoms with Crippen LogP contribution in [0.25, 0.3) is 0 Å². The minimum absolute atomic E-state index is 0.127. The summed E-state index contributed by atoms with van der Waals surface area (Å²) < 4.78 is 13.7. The number of rotatable bonds is 5. The van der Waals surface area contributed by atoms with Crippen LogP contribution in [0.5, 0.6) is 0 Å².